The standard InChI is InChI=1S/C21H24ClF2N5O3/c22-17-15(24)16-14-18(29-5-2-6-30-9-13(29)10-31-19(14)26-17)27-20(25-16)32-11-21-3-1-4-28(21)8-12(23)7-21/h12-13H,1-11H2/t12-,13-,21+/m1/s1. The summed E-state index contributed by atoms with van der Waals surface area (Å²) in [6, 6.07) is -0.0560. The monoisotopic (exact) mass is 467 g/mol. The fraction of sp³-hybridized carbons (Fsp3) is 0.667. The summed E-state index contributed by atoms with van der Waals surface area (Å²) >= 11 is 6.05. The second-order valence-corrected chi connectivity index (χ2v) is 9.38. The molecule has 172 valence electrons. The molecule has 0 radical (unpaired) electrons. The molecule has 0 spiro atoms. The first-order valence-corrected chi connectivity index (χ1v) is 11.5. The topological polar surface area (TPSA) is 72.8 Å². The third-order valence-corrected chi connectivity index (χ3v) is 7.28. The highest BCUT2D eigenvalue weighted by atomic mass is 35.5. The molecule has 3 saturated heterocycles. The van der Waals surface area contributed by atoms with E-state index in [1.165, 1.54) is 0 Å². The van der Waals surface area contributed by atoms with E-state index < -0.39 is 12.0 Å². The van der Waals surface area contributed by atoms with Gasteiger partial charge in [0.15, 0.2) is 11.0 Å². The van der Waals surface area contributed by atoms with Crippen LogP contribution >= 0.6 is 11.6 Å². The maximum absolute atomic E-state index is 15.0. The summed E-state index contributed by atoms with van der Waals surface area (Å²) in [5.41, 5.74) is -0.338. The van der Waals surface area contributed by atoms with Crippen molar-refractivity contribution in [1.82, 2.24) is 19.9 Å². The molecule has 4 aliphatic heterocycles. The third kappa shape index (κ3) is 3.26. The quantitative estimate of drug-likeness (QED) is 0.638. The lowest BCUT2D eigenvalue weighted by molar-refractivity contribution is 0.107. The highest BCUT2D eigenvalue weighted by molar-refractivity contribution is 6.30. The minimum Gasteiger partial charge on any atom is -0.475 e. The lowest BCUT2D eigenvalue weighted by Gasteiger charge is -2.31. The summed E-state index contributed by atoms with van der Waals surface area (Å²) in [4.78, 5) is 17.3. The average molecular weight is 468 g/mol. The number of fused-ring (bicyclic) bond motifs is 3. The summed E-state index contributed by atoms with van der Waals surface area (Å²) in [5, 5.41) is 0.0714. The van der Waals surface area contributed by atoms with Crippen LogP contribution in [0.2, 0.25) is 5.15 Å². The molecule has 3 atom stereocenters. The van der Waals surface area contributed by atoms with Crippen LogP contribution in [0.5, 0.6) is 11.9 Å². The van der Waals surface area contributed by atoms with Crippen LogP contribution in [-0.4, -0.2) is 83.7 Å². The molecule has 11 heteroatoms. The first-order valence-electron chi connectivity index (χ1n) is 11.1. The Bertz CT molecular complexity index is 1060. The zero-order valence-electron chi connectivity index (χ0n) is 17.5. The summed E-state index contributed by atoms with van der Waals surface area (Å²) in [6.07, 6.45) is 2.24. The van der Waals surface area contributed by atoms with Crippen LogP contribution < -0.4 is 14.4 Å². The summed E-state index contributed by atoms with van der Waals surface area (Å²) in [6.45, 7) is 3.62. The Morgan fingerprint density at radius 1 is 1.19 bits per heavy atom. The van der Waals surface area contributed by atoms with Crippen molar-refractivity contribution in [3.05, 3.63) is 11.0 Å². The predicted octanol–water partition coefficient (Wildman–Crippen LogP) is 2.76. The van der Waals surface area contributed by atoms with Crippen molar-refractivity contribution in [2.24, 2.45) is 0 Å². The number of rotatable bonds is 3. The fourth-order valence-corrected chi connectivity index (χ4v) is 5.69. The Balaban J connectivity index is 1.42. The Morgan fingerprint density at radius 3 is 3.00 bits per heavy atom. The van der Waals surface area contributed by atoms with Gasteiger partial charge in [-0.1, -0.05) is 11.6 Å². The van der Waals surface area contributed by atoms with E-state index in [9.17, 15) is 4.39 Å². The average Bonchev–Trinajstić information content (AvgIpc) is 3.12. The number of anilines is 1. The van der Waals surface area contributed by atoms with Crippen molar-refractivity contribution in [2.45, 2.75) is 43.4 Å². The van der Waals surface area contributed by atoms with Crippen molar-refractivity contribution < 1.29 is 23.0 Å². The summed E-state index contributed by atoms with van der Waals surface area (Å²) in [7, 11) is 0. The molecule has 0 N–H and O–H groups in total. The van der Waals surface area contributed by atoms with Crippen LogP contribution in [0.4, 0.5) is 14.6 Å². The van der Waals surface area contributed by atoms with Gasteiger partial charge in [-0.2, -0.15) is 15.0 Å². The van der Waals surface area contributed by atoms with Gasteiger partial charge in [0.25, 0.3) is 0 Å². The number of aromatic nitrogens is 3. The smallest absolute Gasteiger partial charge is 0.319 e. The molecule has 0 amide bonds. The van der Waals surface area contributed by atoms with Gasteiger partial charge in [0.2, 0.25) is 5.88 Å². The molecular weight excluding hydrogens is 444 g/mol. The van der Waals surface area contributed by atoms with Gasteiger partial charge in [-0.05, 0) is 25.8 Å². The van der Waals surface area contributed by atoms with E-state index in [4.69, 9.17) is 25.8 Å². The largest absolute Gasteiger partial charge is 0.475 e. The maximum Gasteiger partial charge on any atom is 0.319 e. The van der Waals surface area contributed by atoms with E-state index in [-0.39, 0.29) is 40.7 Å². The molecule has 0 saturated carbocycles. The Hall–Kier alpha value is -2.04. The Morgan fingerprint density at radius 2 is 2.09 bits per heavy atom. The van der Waals surface area contributed by atoms with Crippen LogP contribution in [0.25, 0.3) is 10.9 Å². The first kappa shape index (κ1) is 20.6. The van der Waals surface area contributed by atoms with E-state index in [1.54, 1.807) is 0 Å². The molecule has 0 aromatic carbocycles. The van der Waals surface area contributed by atoms with E-state index in [0.717, 1.165) is 25.8 Å². The molecule has 0 aliphatic carbocycles. The van der Waals surface area contributed by atoms with Gasteiger partial charge < -0.3 is 19.1 Å². The molecule has 2 aromatic heterocycles. The summed E-state index contributed by atoms with van der Waals surface area (Å²) in [5.74, 6) is -0.0262. The summed E-state index contributed by atoms with van der Waals surface area (Å²) < 4.78 is 46.8. The number of hydrogen-bond acceptors (Lipinski definition) is 8. The normalized spacial score (nSPS) is 29.9. The van der Waals surface area contributed by atoms with Crippen LogP contribution in [0.3, 0.4) is 0 Å². The molecular formula is C21H24ClF2N5O3. The van der Waals surface area contributed by atoms with Gasteiger partial charge in [-0.15, -0.1) is 0 Å². The van der Waals surface area contributed by atoms with Crippen molar-refractivity contribution in [1.29, 1.82) is 0 Å². The number of pyridine rings is 1. The fourth-order valence-electron chi connectivity index (χ4n) is 5.52. The van der Waals surface area contributed by atoms with E-state index in [0.29, 0.717) is 50.5 Å². The number of alkyl halides is 1. The second-order valence-electron chi connectivity index (χ2n) is 9.03. The van der Waals surface area contributed by atoms with E-state index in [2.05, 4.69) is 24.8 Å². The van der Waals surface area contributed by atoms with Crippen molar-refractivity contribution in [3.8, 4) is 11.9 Å². The van der Waals surface area contributed by atoms with Gasteiger partial charge in [-0.25, -0.2) is 8.78 Å². The minimum absolute atomic E-state index is 0.0152. The van der Waals surface area contributed by atoms with Crippen molar-refractivity contribution in [3.63, 3.8) is 0 Å². The number of halogens is 3. The van der Waals surface area contributed by atoms with Crippen LogP contribution in [-0.2, 0) is 4.74 Å². The molecule has 3 fully saturated rings. The molecule has 0 unspecified atom stereocenters. The predicted molar refractivity (Wildman–Crippen MR) is 113 cm³/mol. The first-order chi connectivity index (χ1) is 15.5. The molecule has 0 bridgehead atoms. The van der Waals surface area contributed by atoms with Gasteiger partial charge in [0.05, 0.1) is 18.2 Å². The molecule has 6 heterocycles. The molecule has 4 aliphatic rings. The highest BCUT2D eigenvalue weighted by Gasteiger charge is 2.49. The zero-order chi connectivity index (χ0) is 21.9. The van der Waals surface area contributed by atoms with Crippen LogP contribution in [0.1, 0.15) is 25.7 Å². The highest BCUT2D eigenvalue weighted by Crippen LogP contribution is 2.42. The van der Waals surface area contributed by atoms with Crippen molar-refractivity contribution >= 4 is 28.3 Å². The zero-order valence-corrected chi connectivity index (χ0v) is 18.3. The third-order valence-electron chi connectivity index (χ3n) is 7.03. The van der Waals surface area contributed by atoms with E-state index >= 15 is 4.39 Å². The number of hydrogen-bond donors (Lipinski definition) is 0. The minimum atomic E-state index is -0.860. The van der Waals surface area contributed by atoms with Gasteiger partial charge in [0, 0.05) is 26.1 Å². The Labute approximate surface area is 188 Å². The maximum atomic E-state index is 15.0. The van der Waals surface area contributed by atoms with Gasteiger partial charge >= 0.3 is 6.01 Å². The van der Waals surface area contributed by atoms with Crippen LogP contribution in [0, 0.1) is 5.82 Å². The van der Waals surface area contributed by atoms with Gasteiger partial charge in [0.1, 0.15) is 36.1 Å². The molecule has 6 rings (SSSR count). The molecule has 2 aromatic rings. The SMILES string of the molecule is Fc1c(Cl)nc2c3c(nc(OC[C@@]45CCCN4C[C@H](F)C5)nc13)N1CCCOC[C@@H]1CO2. The van der Waals surface area contributed by atoms with Crippen LogP contribution in [0.15, 0.2) is 0 Å². The number of ether oxygens (including phenoxy) is 3. The molecule has 32 heavy (non-hydrogen) atoms. The van der Waals surface area contributed by atoms with Gasteiger partial charge in [-0.3, -0.25) is 4.90 Å². The lowest BCUT2D eigenvalue weighted by Crippen LogP contribution is -2.43. The van der Waals surface area contributed by atoms with E-state index in [1.807, 2.05) is 0 Å². The lowest BCUT2D eigenvalue weighted by atomic mass is 9.95. The van der Waals surface area contributed by atoms with Crippen molar-refractivity contribution in [2.75, 3.05) is 51.0 Å². The number of nitrogens with zero attached hydrogens (tertiary/aromatic N) is 5. The Kier molecular flexibility index (Phi) is 5.00. The molecule has 8 nitrogen and oxygen atoms in total. The second kappa shape index (κ2) is 7.78.